The molecule has 0 aromatic carbocycles. The summed E-state index contributed by atoms with van der Waals surface area (Å²) < 4.78 is 0. The van der Waals surface area contributed by atoms with E-state index in [0.717, 1.165) is 23.5 Å². The summed E-state index contributed by atoms with van der Waals surface area (Å²) in [7, 11) is 0. The molecule has 0 saturated heterocycles. The molecule has 2 nitrogen and oxygen atoms in total. The summed E-state index contributed by atoms with van der Waals surface area (Å²) in [5.41, 5.74) is 3.28. The Morgan fingerprint density at radius 1 is 1.42 bits per heavy atom. The van der Waals surface area contributed by atoms with Crippen LogP contribution in [0.1, 0.15) is 43.8 Å². The zero-order valence-corrected chi connectivity index (χ0v) is 8.26. The van der Waals surface area contributed by atoms with Gasteiger partial charge in [-0.15, -0.1) is 0 Å². The van der Waals surface area contributed by atoms with Gasteiger partial charge in [0.1, 0.15) is 0 Å². The lowest BCUT2D eigenvalue weighted by molar-refractivity contribution is 0.785. The van der Waals surface area contributed by atoms with Crippen LogP contribution in [0.3, 0.4) is 0 Å². The van der Waals surface area contributed by atoms with Crippen molar-refractivity contribution in [1.29, 1.82) is 0 Å². The molecule has 0 N–H and O–H groups in total. The zero-order valence-electron chi connectivity index (χ0n) is 8.26. The fraction of sp³-hybridized carbons (Fsp3) is 0.600. The molecule has 0 aliphatic rings. The van der Waals surface area contributed by atoms with Gasteiger partial charge in [-0.25, -0.2) is 0 Å². The van der Waals surface area contributed by atoms with Gasteiger partial charge in [0.2, 0.25) is 0 Å². The minimum atomic E-state index is 0.475. The van der Waals surface area contributed by atoms with Crippen LogP contribution in [-0.2, 0) is 6.42 Å². The molecule has 0 amide bonds. The number of aromatic nitrogens is 2. The molecule has 0 spiro atoms. The van der Waals surface area contributed by atoms with Crippen LogP contribution < -0.4 is 0 Å². The van der Waals surface area contributed by atoms with Crippen LogP contribution in [0, 0.1) is 6.92 Å². The van der Waals surface area contributed by atoms with Crippen LogP contribution >= 0.6 is 0 Å². The van der Waals surface area contributed by atoms with E-state index in [-0.39, 0.29) is 0 Å². The van der Waals surface area contributed by atoms with E-state index in [1.54, 1.807) is 0 Å². The predicted molar refractivity (Wildman–Crippen MR) is 50.2 cm³/mol. The number of aryl methyl sites for hydroxylation is 2. The Morgan fingerprint density at radius 3 is 2.58 bits per heavy atom. The van der Waals surface area contributed by atoms with Crippen LogP contribution in [0.25, 0.3) is 0 Å². The Morgan fingerprint density at radius 2 is 2.08 bits per heavy atom. The van der Waals surface area contributed by atoms with Crippen LogP contribution in [0.4, 0.5) is 0 Å². The molecule has 12 heavy (non-hydrogen) atoms. The maximum Gasteiger partial charge on any atom is 0.0616 e. The van der Waals surface area contributed by atoms with Crippen molar-refractivity contribution in [3.63, 3.8) is 0 Å². The van der Waals surface area contributed by atoms with Crippen LogP contribution in [0.15, 0.2) is 6.20 Å². The van der Waals surface area contributed by atoms with E-state index >= 15 is 0 Å². The number of hydrogen-bond donors (Lipinski definition) is 0. The average molecular weight is 164 g/mol. The molecule has 0 aliphatic heterocycles. The Kier molecular flexibility index (Phi) is 2.79. The van der Waals surface area contributed by atoms with E-state index in [4.69, 9.17) is 0 Å². The van der Waals surface area contributed by atoms with Gasteiger partial charge in [0, 0.05) is 6.20 Å². The molecule has 0 aliphatic carbocycles. The second-order valence-electron chi connectivity index (χ2n) is 3.34. The second-order valence-corrected chi connectivity index (χ2v) is 3.34. The third-order valence-electron chi connectivity index (χ3n) is 2.00. The summed E-state index contributed by atoms with van der Waals surface area (Å²) in [6, 6.07) is 0. The van der Waals surface area contributed by atoms with Gasteiger partial charge < -0.3 is 0 Å². The smallest absolute Gasteiger partial charge is 0.0616 e. The van der Waals surface area contributed by atoms with E-state index in [1.807, 2.05) is 13.1 Å². The monoisotopic (exact) mass is 164 g/mol. The third kappa shape index (κ3) is 1.81. The molecule has 1 aromatic rings. The van der Waals surface area contributed by atoms with E-state index in [1.165, 1.54) is 0 Å². The summed E-state index contributed by atoms with van der Waals surface area (Å²) >= 11 is 0. The van der Waals surface area contributed by atoms with E-state index in [0.29, 0.717) is 5.92 Å². The van der Waals surface area contributed by atoms with Crippen molar-refractivity contribution in [2.75, 3.05) is 0 Å². The van der Waals surface area contributed by atoms with Gasteiger partial charge in [0.15, 0.2) is 0 Å². The first-order valence-corrected chi connectivity index (χ1v) is 4.47. The van der Waals surface area contributed by atoms with Crippen LogP contribution in [0.5, 0.6) is 0 Å². The standard InChI is InChI=1S/C10H16N2/c1-5-9-8(4)11-6-10(12-9)7(2)3/h6-7H,5H2,1-4H3. The van der Waals surface area contributed by atoms with Crippen molar-refractivity contribution >= 4 is 0 Å². The highest BCUT2D eigenvalue weighted by Gasteiger charge is 2.04. The van der Waals surface area contributed by atoms with Gasteiger partial charge in [-0.1, -0.05) is 20.8 Å². The topological polar surface area (TPSA) is 25.8 Å². The second kappa shape index (κ2) is 3.65. The van der Waals surface area contributed by atoms with Crippen molar-refractivity contribution in [1.82, 2.24) is 9.97 Å². The number of rotatable bonds is 2. The lowest BCUT2D eigenvalue weighted by atomic mass is 10.1. The summed E-state index contributed by atoms with van der Waals surface area (Å²) in [5, 5.41) is 0. The van der Waals surface area contributed by atoms with Gasteiger partial charge in [0.05, 0.1) is 17.1 Å². The molecule has 66 valence electrons. The molecule has 1 rings (SSSR count). The first-order valence-electron chi connectivity index (χ1n) is 4.47. The molecule has 0 saturated carbocycles. The molecule has 0 atom stereocenters. The molecule has 0 fully saturated rings. The number of hydrogen-bond acceptors (Lipinski definition) is 2. The molecular formula is C10H16N2. The average Bonchev–Trinajstić information content (AvgIpc) is 2.05. The fourth-order valence-corrected chi connectivity index (χ4v) is 1.12. The van der Waals surface area contributed by atoms with E-state index in [9.17, 15) is 0 Å². The molecule has 2 heteroatoms. The van der Waals surface area contributed by atoms with Crippen molar-refractivity contribution < 1.29 is 0 Å². The van der Waals surface area contributed by atoms with Crippen molar-refractivity contribution in [3.8, 4) is 0 Å². The first-order chi connectivity index (χ1) is 5.65. The summed E-state index contributed by atoms with van der Waals surface area (Å²) in [6.45, 7) is 8.40. The van der Waals surface area contributed by atoms with Gasteiger partial charge in [-0.05, 0) is 19.3 Å². The molecule has 1 aromatic heterocycles. The summed E-state index contributed by atoms with van der Waals surface area (Å²) in [6.07, 6.45) is 2.85. The Hall–Kier alpha value is -0.920. The molecule has 0 radical (unpaired) electrons. The van der Waals surface area contributed by atoms with Gasteiger partial charge in [0.25, 0.3) is 0 Å². The van der Waals surface area contributed by atoms with Crippen LogP contribution in [0.2, 0.25) is 0 Å². The van der Waals surface area contributed by atoms with E-state index < -0.39 is 0 Å². The molecule has 1 heterocycles. The maximum atomic E-state index is 4.53. The van der Waals surface area contributed by atoms with Gasteiger partial charge >= 0.3 is 0 Å². The minimum Gasteiger partial charge on any atom is -0.258 e. The minimum absolute atomic E-state index is 0.475. The zero-order chi connectivity index (χ0) is 9.14. The maximum absolute atomic E-state index is 4.53. The van der Waals surface area contributed by atoms with Crippen molar-refractivity contribution in [2.24, 2.45) is 0 Å². The Labute approximate surface area is 74.1 Å². The highest BCUT2D eigenvalue weighted by molar-refractivity contribution is 5.14. The summed E-state index contributed by atoms with van der Waals surface area (Å²) in [5.74, 6) is 0.475. The van der Waals surface area contributed by atoms with E-state index in [2.05, 4.69) is 30.7 Å². The first kappa shape index (κ1) is 9.17. The normalized spacial score (nSPS) is 10.8. The fourth-order valence-electron chi connectivity index (χ4n) is 1.12. The highest BCUT2D eigenvalue weighted by Crippen LogP contribution is 2.12. The Balaban J connectivity index is 3.05. The SMILES string of the molecule is CCc1nc(C(C)C)cnc1C. The van der Waals surface area contributed by atoms with Gasteiger partial charge in [-0.3, -0.25) is 9.97 Å². The molecule has 0 unspecified atom stereocenters. The molecular weight excluding hydrogens is 148 g/mol. The Bertz CT molecular complexity index is 267. The summed E-state index contributed by atoms with van der Waals surface area (Å²) in [4.78, 5) is 8.84. The van der Waals surface area contributed by atoms with Crippen LogP contribution in [-0.4, -0.2) is 9.97 Å². The molecule has 0 bridgehead atoms. The number of nitrogens with zero attached hydrogens (tertiary/aromatic N) is 2. The van der Waals surface area contributed by atoms with Crippen molar-refractivity contribution in [2.45, 2.75) is 40.0 Å². The largest absolute Gasteiger partial charge is 0.258 e. The highest BCUT2D eigenvalue weighted by atomic mass is 14.8. The predicted octanol–water partition coefficient (Wildman–Crippen LogP) is 2.47. The van der Waals surface area contributed by atoms with Crippen molar-refractivity contribution in [3.05, 3.63) is 23.3 Å². The lowest BCUT2D eigenvalue weighted by Crippen LogP contribution is -2.01. The quantitative estimate of drug-likeness (QED) is 0.671. The lowest BCUT2D eigenvalue weighted by Gasteiger charge is -2.07. The third-order valence-corrected chi connectivity index (χ3v) is 2.00. The van der Waals surface area contributed by atoms with Gasteiger partial charge in [-0.2, -0.15) is 0 Å².